The van der Waals surface area contributed by atoms with Gasteiger partial charge in [0.1, 0.15) is 29.5 Å². The van der Waals surface area contributed by atoms with Crippen LogP contribution in [0.1, 0.15) is 64.0 Å². The molecule has 7 heterocycles. The Kier molecular flexibility index (Phi) is 13.2. The summed E-state index contributed by atoms with van der Waals surface area (Å²) in [7, 11) is 0. The summed E-state index contributed by atoms with van der Waals surface area (Å²) < 4.78 is 0. The summed E-state index contributed by atoms with van der Waals surface area (Å²) in [4.78, 5) is 62.1. The molecule has 0 spiro atoms. The maximum absolute atomic E-state index is 14.2. The largest absolute Gasteiger partial charge is 0.507 e. The third kappa shape index (κ3) is 9.96. The molecule has 3 amide bonds. The summed E-state index contributed by atoms with van der Waals surface area (Å²) in [6.07, 6.45) is 11.7. The van der Waals surface area contributed by atoms with E-state index in [0.717, 1.165) is 86.4 Å². The van der Waals surface area contributed by atoms with Crippen LogP contribution in [0.5, 0.6) is 5.75 Å². The van der Waals surface area contributed by atoms with Crippen LogP contribution in [0.3, 0.4) is 0 Å². The second-order valence-electron chi connectivity index (χ2n) is 19.7. The molecule has 0 radical (unpaired) electrons. The van der Waals surface area contributed by atoms with Gasteiger partial charge in [-0.3, -0.25) is 19.3 Å². The number of rotatable bonds is 10. The Labute approximate surface area is 392 Å². The van der Waals surface area contributed by atoms with E-state index < -0.39 is 23.6 Å². The Morgan fingerprint density at radius 1 is 0.866 bits per heavy atom. The summed E-state index contributed by atoms with van der Waals surface area (Å²) in [6, 6.07) is 15.6. The molecule has 67 heavy (non-hydrogen) atoms. The second-order valence-corrected chi connectivity index (χ2v) is 19.7. The standard InChI is InChI=1S/C50H62N12O5/c1-5-32-10-12-33(13-11-32)26-54-48(66)41-24-37(63)31-62(41)49(67)45(50(2,3)4)55-47(65)34-14-18-58(19-15-34)43-28-52-44(29-51-43)59-20-16-35(17-21-59)60-22-23-61-36(30-60)27-53-46-40(61)25-39(56-57-46)38-8-6-7-9-42(38)64/h1,6-13,25,28-29,34-37,41,45,63-64H,14-24,26-27,30-31H2,2-4H3,(H,53,57)(H,54,66)(H,55,65)/t36-,37+,41-,45+/m0/s1. The lowest BCUT2D eigenvalue weighted by Gasteiger charge is -2.49. The fourth-order valence-corrected chi connectivity index (χ4v) is 10.3. The van der Waals surface area contributed by atoms with Crippen LogP contribution in [-0.2, 0) is 20.9 Å². The van der Waals surface area contributed by atoms with Gasteiger partial charge in [-0.05, 0) is 67.0 Å². The van der Waals surface area contributed by atoms with E-state index in [1.165, 1.54) is 4.90 Å². The monoisotopic (exact) mass is 910 g/mol. The topological polar surface area (TPSA) is 196 Å². The van der Waals surface area contributed by atoms with Crippen LogP contribution in [-0.4, -0.2) is 147 Å². The number of aliphatic hydroxyl groups excluding tert-OH is 1. The molecule has 4 aromatic rings. The number of aromatic nitrogens is 4. The van der Waals surface area contributed by atoms with Crippen molar-refractivity contribution in [3.63, 3.8) is 0 Å². The normalized spacial score (nSPS) is 22.0. The summed E-state index contributed by atoms with van der Waals surface area (Å²) in [5, 5.41) is 39.4. The summed E-state index contributed by atoms with van der Waals surface area (Å²) in [5.74, 6) is 3.99. The number of carbonyl (C=O) groups is 3. The summed E-state index contributed by atoms with van der Waals surface area (Å²) in [5.41, 5.74) is 3.33. The molecule has 5 aliphatic rings. The highest BCUT2D eigenvalue weighted by molar-refractivity contribution is 5.93. The lowest BCUT2D eigenvalue weighted by molar-refractivity contribution is -0.144. The van der Waals surface area contributed by atoms with Gasteiger partial charge >= 0.3 is 0 Å². The van der Waals surface area contributed by atoms with Crippen LogP contribution < -0.4 is 30.7 Å². The molecule has 5 N–H and O–H groups in total. The molecule has 4 saturated heterocycles. The molecule has 2 aromatic carbocycles. The lowest BCUT2D eigenvalue weighted by atomic mass is 9.84. The van der Waals surface area contributed by atoms with Crippen LogP contribution >= 0.6 is 0 Å². The van der Waals surface area contributed by atoms with Crippen LogP contribution in [0.25, 0.3) is 11.3 Å². The first-order chi connectivity index (χ1) is 32.3. The zero-order valence-electron chi connectivity index (χ0n) is 38.6. The number of nitrogens with zero attached hydrogens (tertiary/aromatic N) is 9. The predicted molar refractivity (Wildman–Crippen MR) is 256 cm³/mol. The highest BCUT2D eigenvalue weighted by Gasteiger charge is 2.45. The molecular weight excluding hydrogens is 849 g/mol. The van der Waals surface area contributed by atoms with Gasteiger partial charge in [-0.2, -0.15) is 0 Å². The maximum Gasteiger partial charge on any atom is 0.246 e. The van der Waals surface area contributed by atoms with Crippen molar-refractivity contribution in [3.05, 3.63) is 78.1 Å². The Hall–Kier alpha value is -6.51. The number of phenols is 1. The van der Waals surface area contributed by atoms with E-state index >= 15 is 0 Å². The number of amides is 3. The van der Waals surface area contributed by atoms with Crippen molar-refractivity contribution < 1.29 is 24.6 Å². The zero-order valence-corrected chi connectivity index (χ0v) is 38.6. The number of hydrogen-bond acceptors (Lipinski definition) is 14. The zero-order chi connectivity index (χ0) is 46.8. The van der Waals surface area contributed by atoms with Crippen LogP contribution in [0.15, 0.2) is 67.0 Å². The highest BCUT2D eigenvalue weighted by atomic mass is 16.3. The van der Waals surface area contributed by atoms with Crippen LogP contribution in [0, 0.1) is 23.7 Å². The van der Waals surface area contributed by atoms with Gasteiger partial charge in [-0.25, -0.2) is 9.97 Å². The van der Waals surface area contributed by atoms with Crippen LogP contribution in [0.4, 0.5) is 23.1 Å². The van der Waals surface area contributed by atoms with E-state index in [9.17, 15) is 24.6 Å². The number of aromatic hydroxyl groups is 1. The van der Waals surface area contributed by atoms with Gasteiger partial charge in [-0.1, -0.05) is 51.0 Å². The highest BCUT2D eigenvalue weighted by Crippen LogP contribution is 2.37. The number of hydrogen-bond donors (Lipinski definition) is 5. The Bertz CT molecular complexity index is 2460. The molecule has 2 aromatic heterocycles. The van der Waals surface area contributed by atoms with Gasteiger partial charge in [0, 0.05) is 95.0 Å². The first-order valence-corrected chi connectivity index (χ1v) is 23.7. The van der Waals surface area contributed by atoms with Crippen molar-refractivity contribution >= 4 is 40.9 Å². The summed E-state index contributed by atoms with van der Waals surface area (Å²) >= 11 is 0. The second kappa shape index (κ2) is 19.4. The predicted octanol–water partition coefficient (Wildman–Crippen LogP) is 3.23. The fraction of sp³-hybridized carbons (Fsp3) is 0.500. The Balaban J connectivity index is 0.737. The minimum Gasteiger partial charge on any atom is -0.507 e. The number of aliphatic hydroxyl groups is 1. The van der Waals surface area contributed by atoms with Gasteiger partial charge in [-0.15, -0.1) is 16.6 Å². The fourth-order valence-electron chi connectivity index (χ4n) is 10.3. The number of β-amino-alcohol motifs (C(OH)–C–C–N with tert-alkyl or cyclic N) is 1. The molecule has 17 heteroatoms. The molecule has 0 saturated carbocycles. The molecule has 0 unspecified atom stereocenters. The number of para-hydroxylation sites is 1. The van der Waals surface area contributed by atoms with E-state index in [1.807, 2.05) is 63.5 Å². The van der Waals surface area contributed by atoms with Crippen LogP contribution in [0.2, 0.25) is 0 Å². The molecule has 9 rings (SSSR count). The molecule has 4 atom stereocenters. The molecular formula is C50H62N12O5. The third-order valence-electron chi connectivity index (χ3n) is 14.3. The summed E-state index contributed by atoms with van der Waals surface area (Å²) in [6.45, 7) is 12.6. The van der Waals surface area contributed by atoms with E-state index in [1.54, 1.807) is 24.3 Å². The van der Waals surface area contributed by atoms with Crippen molar-refractivity contribution in [2.75, 3.05) is 78.9 Å². The number of phenolic OH excluding ortho intramolecular Hbond substituents is 1. The number of anilines is 4. The molecule has 352 valence electrons. The molecule has 4 fully saturated rings. The number of piperazine rings is 1. The van der Waals surface area contributed by atoms with Gasteiger partial charge in [0.25, 0.3) is 0 Å². The van der Waals surface area contributed by atoms with Gasteiger partial charge in [0.05, 0.1) is 35.9 Å². The van der Waals surface area contributed by atoms with Crippen molar-refractivity contribution in [1.82, 2.24) is 40.6 Å². The van der Waals surface area contributed by atoms with Crippen molar-refractivity contribution in [3.8, 4) is 29.4 Å². The quantitative estimate of drug-likeness (QED) is 0.146. The van der Waals surface area contributed by atoms with Crippen molar-refractivity contribution in [2.45, 2.75) is 89.7 Å². The average molecular weight is 911 g/mol. The molecule has 0 bridgehead atoms. The van der Waals surface area contributed by atoms with Gasteiger partial charge in [0.2, 0.25) is 17.7 Å². The Morgan fingerprint density at radius 2 is 1.55 bits per heavy atom. The minimum atomic E-state index is -0.890. The lowest BCUT2D eigenvalue weighted by Crippen LogP contribution is -2.61. The van der Waals surface area contributed by atoms with Crippen molar-refractivity contribution in [1.29, 1.82) is 0 Å². The molecule has 17 nitrogen and oxygen atoms in total. The molecule has 0 aliphatic carbocycles. The minimum absolute atomic E-state index is 0.0154. The maximum atomic E-state index is 14.2. The SMILES string of the molecule is C#Cc1ccc(CNC(=O)[C@@H]2C[C@@H](O)CN2C(=O)[C@@H](NC(=O)C2CCN(c3cnc(N4CCC(N5CCN6c7cc(-c8ccccc8O)nnc7NC[C@H]6C5)CC4)cn3)CC2)C(C)(C)C)cc1. The van der Waals surface area contributed by atoms with E-state index in [4.69, 9.17) is 16.4 Å². The average Bonchev–Trinajstić information content (AvgIpc) is 3.76. The number of piperidine rings is 2. The molecule has 5 aliphatic heterocycles. The third-order valence-corrected chi connectivity index (χ3v) is 14.3. The smallest absolute Gasteiger partial charge is 0.246 e. The Morgan fingerprint density at radius 3 is 2.21 bits per heavy atom. The van der Waals surface area contributed by atoms with Crippen molar-refractivity contribution in [2.24, 2.45) is 11.3 Å². The number of fused-ring (bicyclic) bond motifs is 3. The van der Waals surface area contributed by atoms with E-state index in [0.29, 0.717) is 49.3 Å². The van der Waals surface area contributed by atoms with Gasteiger partial charge < -0.3 is 45.8 Å². The number of likely N-dealkylation sites (tertiary alicyclic amines) is 1. The number of benzene rings is 2. The number of carbonyl (C=O) groups excluding carboxylic acids is 3. The van der Waals surface area contributed by atoms with Gasteiger partial charge in [0.15, 0.2) is 5.82 Å². The number of nitrogens with one attached hydrogen (secondary N) is 3. The van der Waals surface area contributed by atoms with E-state index in [-0.39, 0.29) is 48.9 Å². The van der Waals surface area contributed by atoms with E-state index in [2.05, 4.69) is 51.7 Å². The number of terminal acetylenes is 1. The first-order valence-electron chi connectivity index (χ1n) is 23.7. The first kappa shape index (κ1) is 45.6.